The number of benzene rings is 1. The number of hydrogen-bond donors (Lipinski definition) is 2. The molecule has 172 valence electrons. The Balaban J connectivity index is 1.49. The first-order valence-electron chi connectivity index (χ1n) is 11.7. The Morgan fingerprint density at radius 3 is 2.42 bits per heavy atom. The summed E-state index contributed by atoms with van der Waals surface area (Å²) in [6.07, 6.45) is 7.71. The van der Waals surface area contributed by atoms with E-state index < -0.39 is 5.91 Å². The maximum Gasteiger partial charge on any atom is 0.273 e. The minimum atomic E-state index is -0.504. The van der Waals surface area contributed by atoms with Gasteiger partial charge >= 0.3 is 0 Å². The third-order valence-corrected chi connectivity index (χ3v) is 6.35. The lowest BCUT2D eigenvalue weighted by Gasteiger charge is -2.30. The predicted octanol–water partition coefficient (Wildman–Crippen LogP) is 4.80. The van der Waals surface area contributed by atoms with Gasteiger partial charge in [-0.1, -0.05) is 50.2 Å². The summed E-state index contributed by atoms with van der Waals surface area (Å²) in [4.78, 5) is 28.6. The average Bonchev–Trinajstić information content (AvgIpc) is 2.82. The fourth-order valence-electron chi connectivity index (χ4n) is 4.64. The topological polar surface area (TPSA) is 90.0 Å². The second-order valence-corrected chi connectivity index (χ2v) is 9.39. The van der Waals surface area contributed by atoms with E-state index in [1.807, 2.05) is 41.1 Å². The van der Waals surface area contributed by atoms with Crippen molar-refractivity contribution in [3.05, 3.63) is 82.5 Å². The van der Waals surface area contributed by atoms with Crippen molar-refractivity contribution in [3.63, 3.8) is 0 Å². The van der Waals surface area contributed by atoms with Crippen LogP contribution in [0.4, 0.5) is 5.69 Å². The van der Waals surface area contributed by atoms with Crippen molar-refractivity contribution in [1.29, 1.82) is 0 Å². The number of hydrogen-bond acceptors (Lipinski definition) is 4. The number of carbonyl (C=O) groups excluding carboxylic acids is 1. The normalized spacial score (nSPS) is 18.3. The molecule has 1 amide bonds. The molecular formula is C27H32N4O2. The monoisotopic (exact) mass is 444 g/mol. The smallest absolute Gasteiger partial charge is 0.273 e. The molecule has 1 fully saturated rings. The standard InChI is InChI=1S/C27H32N4O2/c1-18(2)16-31-17-22(19-6-4-3-5-7-19)14-25(27(31)33)30-23-11-8-20(9-12-23)21-10-13-24(26(28)32)29-15-21/h3-7,10,13-15,17-18,20,23,30H,8-9,11-12,16H2,1-2H3,(H2,28,32)/t20-,23+. The molecular weight excluding hydrogens is 412 g/mol. The molecule has 0 spiro atoms. The van der Waals surface area contributed by atoms with Crippen molar-refractivity contribution >= 4 is 11.6 Å². The Hall–Kier alpha value is -3.41. The van der Waals surface area contributed by atoms with Crippen LogP contribution in [0.5, 0.6) is 0 Å². The highest BCUT2D eigenvalue weighted by Crippen LogP contribution is 2.34. The third kappa shape index (κ3) is 5.51. The lowest BCUT2D eigenvalue weighted by Crippen LogP contribution is -2.31. The van der Waals surface area contributed by atoms with E-state index in [0.717, 1.165) is 42.4 Å². The molecule has 0 aliphatic heterocycles. The first kappa shape index (κ1) is 22.8. The Morgan fingerprint density at radius 1 is 1.09 bits per heavy atom. The second kappa shape index (κ2) is 10.0. The van der Waals surface area contributed by atoms with Gasteiger partial charge in [0.1, 0.15) is 11.4 Å². The van der Waals surface area contributed by atoms with Crippen LogP contribution in [0.2, 0.25) is 0 Å². The zero-order valence-corrected chi connectivity index (χ0v) is 19.3. The van der Waals surface area contributed by atoms with Crippen molar-refractivity contribution < 1.29 is 4.79 Å². The van der Waals surface area contributed by atoms with E-state index in [0.29, 0.717) is 29.8 Å². The van der Waals surface area contributed by atoms with E-state index in [-0.39, 0.29) is 11.6 Å². The highest BCUT2D eigenvalue weighted by Gasteiger charge is 2.24. The molecule has 6 nitrogen and oxygen atoms in total. The summed E-state index contributed by atoms with van der Waals surface area (Å²) in [5.41, 5.74) is 9.60. The highest BCUT2D eigenvalue weighted by atomic mass is 16.1. The zero-order valence-electron chi connectivity index (χ0n) is 19.3. The maximum absolute atomic E-state index is 13.2. The third-order valence-electron chi connectivity index (χ3n) is 6.35. The first-order valence-corrected chi connectivity index (χ1v) is 11.7. The van der Waals surface area contributed by atoms with Gasteiger partial charge in [0.2, 0.25) is 0 Å². The molecule has 1 aliphatic rings. The fourth-order valence-corrected chi connectivity index (χ4v) is 4.64. The zero-order chi connectivity index (χ0) is 23.4. The molecule has 3 aromatic rings. The van der Waals surface area contributed by atoms with Gasteiger partial charge in [-0.25, -0.2) is 0 Å². The van der Waals surface area contributed by atoms with Gasteiger partial charge in [-0.05, 0) is 60.8 Å². The van der Waals surface area contributed by atoms with Crippen LogP contribution < -0.4 is 16.6 Å². The molecule has 0 atom stereocenters. The predicted molar refractivity (Wildman–Crippen MR) is 132 cm³/mol. The number of pyridine rings is 2. The SMILES string of the molecule is CC(C)Cn1cc(-c2ccccc2)cc(N[C@H]2CC[C@@H](c3ccc(C(N)=O)nc3)CC2)c1=O. The first-order chi connectivity index (χ1) is 15.9. The molecule has 1 aliphatic carbocycles. The van der Waals surface area contributed by atoms with Gasteiger partial charge in [0.25, 0.3) is 11.5 Å². The molecule has 6 heteroatoms. The van der Waals surface area contributed by atoms with E-state index in [9.17, 15) is 9.59 Å². The van der Waals surface area contributed by atoms with Crippen LogP contribution >= 0.6 is 0 Å². The quantitative estimate of drug-likeness (QED) is 0.547. The van der Waals surface area contributed by atoms with Gasteiger partial charge in [-0.3, -0.25) is 14.6 Å². The van der Waals surface area contributed by atoms with Gasteiger partial charge in [0, 0.05) is 30.5 Å². The van der Waals surface area contributed by atoms with Crippen molar-refractivity contribution in [2.75, 3.05) is 5.32 Å². The summed E-state index contributed by atoms with van der Waals surface area (Å²) in [6, 6.07) is 16.1. The van der Waals surface area contributed by atoms with Crippen LogP contribution in [-0.4, -0.2) is 21.5 Å². The van der Waals surface area contributed by atoms with Crippen LogP contribution in [0.1, 0.15) is 61.5 Å². The summed E-state index contributed by atoms with van der Waals surface area (Å²) in [5, 5.41) is 3.56. The summed E-state index contributed by atoms with van der Waals surface area (Å²) >= 11 is 0. The largest absolute Gasteiger partial charge is 0.378 e. The molecule has 1 aromatic carbocycles. The van der Waals surface area contributed by atoms with Gasteiger partial charge in [-0.15, -0.1) is 0 Å². The molecule has 0 saturated heterocycles. The molecule has 0 radical (unpaired) electrons. The summed E-state index contributed by atoms with van der Waals surface area (Å²) < 4.78 is 1.84. The molecule has 1 saturated carbocycles. The molecule has 2 aromatic heterocycles. The Bertz CT molecular complexity index is 1140. The van der Waals surface area contributed by atoms with Crippen LogP contribution in [-0.2, 0) is 6.54 Å². The van der Waals surface area contributed by atoms with E-state index in [2.05, 4.69) is 36.3 Å². The number of aromatic nitrogens is 2. The maximum atomic E-state index is 13.2. The van der Waals surface area contributed by atoms with Gasteiger partial charge in [0.15, 0.2) is 0 Å². The van der Waals surface area contributed by atoms with Crippen molar-refractivity contribution in [1.82, 2.24) is 9.55 Å². The lowest BCUT2D eigenvalue weighted by molar-refractivity contribution is 0.0995. The molecule has 0 unspecified atom stereocenters. The average molecular weight is 445 g/mol. The minimum absolute atomic E-state index is 0.0387. The van der Waals surface area contributed by atoms with Crippen LogP contribution in [0.25, 0.3) is 11.1 Å². The van der Waals surface area contributed by atoms with Crippen molar-refractivity contribution in [2.24, 2.45) is 11.7 Å². The number of primary amides is 1. The van der Waals surface area contributed by atoms with Gasteiger partial charge in [-0.2, -0.15) is 0 Å². The number of rotatable bonds is 7. The van der Waals surface area contributed by atoms with Crippen molar-refractivity contribution in [3.8, 4) is 11.1 Å². The van der Waals surface area contributed by atoms with E-state index >= 15 is 0 Å². The van der Waals surface area contributed by atoms with Crippen LogP contribution in [0.3, 0.4) is 0 Å². The van der Waals surface area contributed by atoms with E-state index in [1.165, 1.54) is 0 Å². The lowest BCUT2D eigenvalue weighted by atomic mass is 9.82. The Morgan fingerprint density at radius 2 is 1.82 bits per heavy atom. The fraction of sp³-hybridized carbons (Fsp3) is 0.370. The number of anilines is 1. The van der Waals surface area contributed by atoms with E-state index in [1.54, 1.807) is 12.3 Å². The number of amides is 1. The Labute approximate surface area is 194 Å². The highest BCUT2D eigenvalue weighted by molar-refractivity contribution is 5.90. The Kier molecular flexibility index (Phi) is 6.92. The number of nitrogens with two attached hydrogens (primary N) is 1. The van der Waals surface area contributed by atoms with Crippen LogP contribution in [0, 0.1) is 5.92 Å². The second-order valence-electron chi connectivity index (χ2n) is 9.39. The summed E-state index contributed by atoms with van der Waals surface area (Å²) in [6.45, 7) is 4.94. The van der Waals surface area contributed by atoms with Gasteiger partial charge < -0.3 is 15.6 Å². The number of carbonyl (C=O) groups is 1. The molecule has 33 heavy (non-hydrogen) atoms. The van der Waals surface area contributed by atoms with Gasteiger partial charge in [0.05, 0.1) is 0 Å². The summed E-state index contributed by atoms with van der Waals surface area (Å²) in [5.74, 6) is 0.285. The molecule has 0 bridgehead atoms. The molecule has 2 heterocycles. The summed E-state index contributed by atoms with van der Waals surface area (Å²) in [7, 11) is 0. The minimum Gasteiger partial charge on any atom is -0.378 e. The van der Waals surface area contributed by atoms with Crippen LogP contribution in [0.15, 0.2) is 65.7 Å². The van der Waals surface area contributed by atoms with Crippen molar-refractivity contribution in [2.45, 2.75) is 58.0 Å². The molecule has 4 rings (SSSR count). The molecule has 3 N–H and O–H groups in total. The number of nitrogens with zero attached hydrogens (tertiary/aromatic N) is 2. The van der Waals surface area contributed by atoms with E-state index in [4.69, 9.17) is 5.73 Å². The number of nitrogens with one attached hydrogen (secondary N) is 1.